The number of anilines is 1. The quantitative estimate of drug-likeness (QED) is 0.701. The summed E-state index contributed by atoms with van der Waals surface area (Å²) in [6.45, 7) is 3.09. The molecular formula is C21H23N5O. The van der Waals surface area contributed by atoms with E-state index < -0.39 is 0 Å². The van der Waals surface area contributed by atoms with Gasteiger partial charge in [0, 0.05) is 62.1 Å². The van der Waals surface area contributed by atoms with Gasteiger partial charge in [-0.2, -0.15) is 0 Å². The van der Waals surface area contributed by atoms with Gasteiger partial charge in [-0.3, -0.25) is 14.8 Å². The van der Waals surface area contributed by atoms with E-state index in [0.717, 1.165) is 35.7 Å². The minimum Gasteiger partial charge on any atom is -0.359 e. The van der Waals surface area contributed by atoms with E-state index in [1.54, 1.807) is 24.7 Å². The van der Waals surface area contributed by atoms with Crippen LogP contribution in [0.1, 0.15) is 27.3 Å². The van der Waals surface area contributed by atoms with Crippen molar-refractivity contribution in [1.82, 2.24) is 20.3 Å². The lowest BCUT2D eigenvalue weighted by Gasteiger charge is -2.21. The Labute approximate surface area is 159 Å². The SMILES string of the molecule is Cc1ccc(C(=O)NCc2cccnc2N(C)CCc2ccccn2)cn1. The first kappa shape index (κ1) is 18.5. The molecule has 3 aromatic heterocycles. The Bertz CT molecular complexity index is 881. The van der Waals surface area contributed by atoms with Crippen LogP contribution in [0.2, 0.25) is 0 Å². The number of nitrogens with zero attached hydrogens (tertiary/aromatic N) is 4. The van der Waals surface area contributed by atoms with Crippen LogP contribution in [0, 0.1) is 6.92 Å². The van der Waals surface area contributed by atoms with Gasteiger partial charge < -0.3 is 10.2 Å². The Kier molecular flexibility index (Phi) is 6.10. The van der Waals surface area contributed by atoms with Gasteiger partial charge >= 0.3 is 0 Å². The van der Waals surface area contributed by atoms with Crippen LogP contribution >= 0.6 is 0 Å². The number of amides is 1. The summed E-state index contributed by atoms with van der Waals surface area (Å²) in [5, 5.41) is 2.95. The monoisotopic (exact) mass is 361 g/mol. The van der Waals surface area contributed by atoms with Crippen molar-refractivity contribution in [3.8, 4) is 0 Å². The standard InChI is InChI=1S/C21H23N5O/c1-16-8-9-18(15-24-16)21(27)25-14-17-6-5-12-23-20(17)26(2)13-10-19-7-3-4-11-22-19/h3-9,11-12,15H,10,13-14H2,1-2H3,(H,25,27). The van der Waals surface area contributed by atoms with Crippen molar-refractivity contribution in [1.29, 1.82) is 0 Å². The largest absolute Gasteiger partial charge is 0.359 e. The fourth-order valence-electron chi connectivity index (χ4n) is 2.73. The molecular weight excluding hydrogens is 338 g/mol. The first-order valence-corrected chi connectivity index (χ1v) is 8.89. The number of pyridine rings is 3. The van der Waals surface area contributed by atoms with E-state index in [1.807, 2.05) is 50.4 Å². The zero-order valence-electron chi connectivity index (χ0n) is 15.6. The van der Waals surface area contributed by atoms with Gasteiger partial charge in [-0.25, -0.2) is 4.98 Å². The number of carbonyl (C=O) groups excluding carboxylic acids is 1. The molecule has 0 aliphatic carbocycles. The van der Waals surface area contributed by atoms with Crippen molar-refractivity contribution in [2.75, 3.05) is 18.5 Å². The molecule has 3 aromatic rings. The number of nitrogens with one attached hydrogen (secondary N) is 1. The molecule has 0 aromatic carbocycles. The molecule has 1 amide bonds. The van der Waals surface area contributed by atoms with Crippen LogP contribution in [0.3, 0.4) is 0 Å². The van der Waals surface area contributed by atoms with Crippen LogP contribution in [0.4, 0.5) is 5.82 Å². The normalized spacial score (nSPS) is 10.4. The van der Waals surface area contributed by atoms with Crippen molar-refractivity contribution in [2.24, 2.45) is 0 Å². The maximum atomic E-state index is 12.3. The Morgan fingerprint density at radius 1 is 1.04 bits per heavy atom. The molecule has 6 heteroatoms. The van der Waals surface area contributed by atoms with Gasteiger partial charge in [0.05, 0.1) is 5.56 Å². The third-order valence-electron chi connectivity index (χ3n) is 4.27. The van der Waals surface area contributed by atoms with Crippen LogP contribution < -0.4 is 10.2 Å². The van der Waals surface area contributed by atoms with Crippen LogP contribution in [0.5, 0.6) is 0 Å². The van der Waals surface area contributed by atoms with E-state index >= 15 is 0 Å². The lowest BCUT2D eigenvalue weighted by Crippen LogP contribution is -2.27. The predicted octanol–water partition coefficient (Wildman–Crippen LogP) is 2.79. The third-order valence-corrected chi connectivity index (χ3v) is 4.27. The molecule has 3 rings (SSSR count). The molecule has 0 saturated carbocycles. The van der Waals surface area contributed by atoms with E-state index in [4.69, 9.17) is 0 Å². The number of rotatable bonds is 7. The molecule has 0 atom stereocenters. The maximum Gasteiger partial charge on any atom is 0.253 e. The summed E-state index contributed by atoms with van der Waals surface area (Å²) < 4.78 is 0. The predicted molar refractivity (Wildman–Crippen MR) is 106 cm³/mol. The number of likely N-dealkylation sites (N-methyl/N-ethyl adjacent to an activating group) is 1. The Balaban J connectivity index is 1.62. The molecule has 138 valence electrons. The van der Waals surface area contributed by atoms with Gasteiger partial charge in [0.2, 0.25) is 0 Å². The summed E-state index contributed by atoms with van der Waals surface area (Å²) in [5.74, 6) is 0.712. The van der Waals surface area contributed by atoms with Gasteiger partial charge in [-0.05, 0) is 37.3 Å². The smallest absolute Gasteiger partial charge is 0.253 e. The lowest BCUT2D eigenvalue weighted by molar-refractivity contribution is 0.0950. The number of aromatic nitrogens is 3. The van der Waals surface area contributed by atoms with Crippen molar-refractivity contribution < 1.29 is 4.79 Å². The van der Waals surface area contributed by atoms with Gasteiger partial charge in [-0.1, -0.05) is 12.1 Å². The Hall–Kier alpha value is -3.28. The molecule has 27 heavy (non-hydrogen) atoms. The molecule has 0 radical (unpaired) electrons. The van der Waals surface area contributed by atoms with Crippen LogP contribution in [-0.2, 0) is 13.0 Å². The Morgan fingerprint density at radius 2 is 1.89 bits per heavy atom. The number of aryl methyl sites for hydroxylation is 1. The van der Waals surface area contributed by atoms with E-state index in [-0.39, 0.29) is 5.91 Å². The van der Waals surface area contributed by atoms with Crippen molar-refractivity contribution in [2.45, 2.75) is 19.9 Å². The molecule has 0 saturated heterocycles. The summed E-state index contributed by atoms with van der Waals surface area (Å²) >= 11 is 0. The first-order chi connectivity index (χ1) is 13.1. The highest BCUT2D eigenvalue weighted by Crippen LogP contribution is 2.16. The van der Waals surface area contributed by atoms with Gasteiger partial charge in [0.15, 0.2) is 0 Å². The average molecular weight is 361 g/mol. The molecule has 0 unspecified atom stereocenters. The maximum absolute atomic E-state index is 12.3. The van der Waals surface area contributed by atoms with Crippen LogP contribution in [-0.4, -0.2) is 34.5 Å². The van der Waals surface area contributed by atoms with E-state index in [2.05, 4.69) is 25.2 Å². The molecule has 0 bridgehead atoms. The topological polar surface area (TPSA) is 71.0 Å². The Morgan fingerprint density at radius 3 is 2.63 bits per heavy atom. The summed E-state index contributed by atoms with van der Waals surface area (Å²) in [6.07, 6.45) is 5.99. The molecule has 3 heterocycles. The zero-order valence-corrected chi connectivity index (χ0v) is 15.6. The second kappa shape index (κ2) is 8.89. The second-order valence-electron chi connectivity index (χ2n) is 6.35. The van der Waals surface area contributed by atoms with E-state index in [1.165, 1.54) is 0 Å². The van der Waals surface area contributed by atoms with E-state index in [9.17, 15) is 4.79 Å². The van der Waals surface area contributed by atoms with Crippen molar-refractivity contribution in [3.05, 3.63) is 83.6 Å². The van der Waals surface area contributed by atoms with E-state index in [0.29, 0.717) is 12.1 Å². The summed E-state index contributed by atoms with van der Waals surface area (Å²) in [6, 6.07) is 13.4. The highest BCUT2D eigenvalue weighted by atomic mass is 16.1. The molecule has 1 N–H and O–H groups in total. The number of carbonyl (C=O) groups is 1. The zero-order chi connectivity index (χ0) is 19.1. The highest BCUT2D eigenvalue weighted by Gasteiger charge is 2.11. The average Bonchev–Trinajstić information content (AvgIpc) is 2.71. The first-order valence-electron chi connectivity index (χ1n) is 8.89. The van der Waals surface area contributed by atoms with Crippen molar-refractivity contribution >= 4 is 11.7 Å². The van der Waals surface area contributed by atoms with Crippen LogP contribution in [0.25, 0.3) is 0 Å². The van der Waals surface area contributed by atoms with Gasteiger partial charge in [-0.15, -0.1) is 0 Å². The fraction of sp³-hybridized carbons (Fsp3) is 0.238. The van der Waals surface area contributed by atoms with Crippen molar-refractivity contribution in [3.63, 3.8) is 0 Å². The van der Waals surface area contributed by atoms with Gasteiger partial charge in [0.25, 0.3) is 5.91 Å². The molecule has 0 spiro atoms. The fourth-order valence-corrected chi connectivity index (χ4v) is 2.73. The second-order valence-corrected chi connectivity index (χ2v) is 6.35. The minimum atomic E-state index is -0.145. The molecule has 0 aliphatic rings. The lowest BCUT2D eigenvalue weighted by atomic mass is 10.2. The molecule has 0 aliphatic heterocycles. The van der Waals surface area contributed by atoms with Gasteiger partial charge in [0.1, 0.15) is 5.82 Å². The van der Waals surface area contributed by atoms with Crippen LogP contribution in [0.15, 0.2) is 61.1 Å². The number of hydrogen-bond acceptors (Lipinski definition) is 5. The highest BCUT2D eigenvalue weighted by molar-refractivity contribution is 5.93. The molecule has 0 fully saturated rings. The third kappa shape index (κ3) is 5.10. The number of hydrogen-bond donors (Lipinski definition) is 1. The summed E-state index contributed by atoms with van der Waals surface area (Å²) in [5.41, 5.74) is 3.45. The summed E-state index contributed by atoms with van der Waals surface area (Å²) in [7, 11) is 2.00. The minimum absolute atomic E-state index is 0.145. The molecule has 6 nitrogen and oxygen atoms in total. The summed E-state index contributed by atoms with van der Waals surface area (Å²) in [4.78, 5) is 27.4.